The van der Waals surface area contributed by atoms with Crippen molar-refractivity contribution in [3.8, 4) is 0 Å². The third-order valence-corrected chi connectivity index (χ3v) is 3.33. The molecule has 1 aliphatic heterocycles. The number of carbonyl (C=O) groups is 2. The molecule has 2 rings (SSSR count). The summed E-state index contributed by atoms with van der Waals surface area (Å²) in [5.74, 6) is -0.746. The zero-order valence-corrected chi connectivity index (χ0v) is 12.4. The van der Waals surface area contributed by atoms with Crippen LogP contribution in [0, 0.1) is 0 Å². The third kappa shape index (κ3) is 3.75. The van der Waals surface area contributed by atoms with Crippen LogP contribution in [0.4, 0.5) is 5.69 Å². The van der Waals surface area contributed by atoms with Crippen molar-refractivity contribution in [3.05, 3.63) is 18.0 Å². The first-order valence-electron chi connectivity index (χ1n) is 6.99. The molecule has 116 valence electrons. The first-order chi connectivity index (χ1) is 9.99. The number of nitrogens with two attached hydrogens (primary N) is 1. The number of morpholine rings is 1. The molecule has 2 N–H and O–H groups in total. The summed E-state index contributed by atoms with van der Waals surface area (Å²) in [6.45, 7) is 5.72. The topological polar surface area (TPSA) is 86.8 Å². The molecule has 1 saturated heterocycles. The van der Waals surface area contributed by atoms with Crippen LogP contribution in [0.3, 0.4) is 0 Å². The quantitative estimate of drug-likeness (QED) is 0.825. The van der Waals surface area contributed by atoms with Crippen LogP contribution in [0.15, 0.2) is 12.3 Å². The molecule has 21 heavy (non-hydrogen) atoms. The monoisotopic (exact) mass is 295 g/mol. The van der Waals surface area contributed by atoms with Gasteiger partial charge in [0.05, 0.1) is 18.9 Å². The molecular weight excluding hydrogens is 274 g/mol. The lowest BCUT2D eigenvalue weighted by Gasteiger charge is -2.26. The van der Waals surface area contributed by atoms with Crippen molar-refractivity contribution in [3.63, 3.8) is 0 Å². The Morgan fingerprint density at radius 1 is 1.38 bits per heavy atom. The molecule has 0 bridgehead atoms. The largest absolute Gasteiger partial charge is 0.451 e. The van der Waals surface area contributed by atoms with Gasteiger partial charge in [0.15, 0.2) is 6.61 Å². The van der Waals surface area contributed by atoms with Crippen molar-refractivity contribution in [1.82, 2.24) is 9.47 Å². The van der Waals surface area contributed by atoms with Crippen LogP contribution in [0.25, 0.3) is 0 Å². The van der Waals surface area contributed by atoms with Crippen molar-refractivity contribution in [2.24, 2.45) is 0 Å². The first-order valence-corrected chi connectivity index (χ1v) is 6.99. The van der Waals surface area contributed by atoms with Gasteiger partial charge in [-0.25, -0.2) is 4.79 Å². The Hall–Kier alpha value is -2.02. The van der Waals surface area contributed by atoms with E-state index >= 15 is 0 Å². The van der Waals surface area contributed by atoms with E-state index in [1.165, 1.54) is 0 Å². The van der Waals surface area contributed by atoms with Crippen LogP contribution < -0.4 is 5.73 Å². The smallest absolute Gasteiger partial charge is 0.355 e. The van der Waals surface area contributed by atoms with Gasteiger partial charge < -0.3 is 24.7 Å². The molecule has 0 aromatic carbocycles. The molecule has 7 heteroatoms. The fourth-order valence-corrected chi connectivity index (χ4v) is 2.20. The highest BCUT2D eigenvalue weighted by Gasteiger charge is 2.21. The van der Waals surface area contributed by atoms with Crippen molar-refractivity contribution in [1.29, 1.82) is 0 Å². The minimum Gasteiger partial charge on any atom is -0.451 e. The van der Waals surface area contributed by atoms with Gasteiger partial charge in [0, 0.05) is 25.3 Å². The minimum absolute atomic E-state index is 0.0831. The highest BCUT2D eigenvalue weighted by molar-refractivity contribution is 5.91. The molecule has 0 saturated carbocycles. The van der Waals surface area contributed by atoms with Gasteiger partial charge >= 0.3 is 5.97 Å². The number of hydrogen-bond acceptors (Lipinski definition) is 5. The number of amides is 1. The van der Waals surface area contributed by atoms with Crippen molar-refractivity contribution < 1.29 is 19.1 Å². The van der Waals surface area contributed by atoms with Crippen LogP contribution in [0.5, 0.6) is 0 Å². The number of ether oxygens (including phenoxy) is 2. The second-order valence-corrected chi connectivity index (χ2v) is 5.23. The lowest BCUT2D eigenvalue weighted by atomic mass is 10.3. The molecule has 2 heterocycles. The maximum Gasteiger partial charge on any atom is 0.355 e. The van der Waals surface area contributed by atoms with Gasteiger partial charge in [-0.05, 0) is 19.9 Å². The van der Waals surface area contributed by atoms with Gasteiger partial charge in [0.2, 0.25) is 0 Å². The Labute approximate surface area is 123 Å². The molecule has 0 atom stereocenters. The average molecular weight is 295 g/mol. The Balaban J connectivity index is 1.94. The summed E-state index contributed by atoms with van der Waals surface area (Å²) in [6.07, 6.45) is 1.69. The van der Waals surface area contributed by atoms with Crippen LogP contribution in [0.2, 0.25) is 0 Å². The Morgan fingerprint density at radius 3 is 2.67 bits per heavy atom. The lowest BCUT2D eigenvalue weighted by molar-refractivity contribution is -0.138. The second kappa shape index (κ2) is 6.62. The summed E-state index contributed by atoms with van der Waals surface area (Å²) in [7, 11) is 0. The third-order valence-electron chi connectivity index (χ3n) is 3.33. The number of anilines is 1. The molecular formula is C14H21N3O4. The van der Waals surface area contributed by atoms with Crippen molar-refractivity contribution >= 4 is 17.6 Å². The van der Waals surface area contributed by atoms with E-state index in [9.17, 15) is 9.59 Å². The van der Waals surface area contributed by atoms with Crippen LogP contribution in [-0.2, 0) is 14.3 Å². The van der Waals surface area contributed by atoms with E-state index in [1.807, 2.05) is 13.8 Å². The zero-order valence-electron chi connectivity index (χ0n) is 12.4. The van der Waals surface area contributed by atoms with Crippen molar-refractivity contribution in [2.75, 3.05) is 38.6 Å². The van der Waals surface area contributed by atoms with Crippen LogP contribution in [-0.4, -0.2) is 54.3 Å². The van der Waals surface area contributed by atoms with Gasteiger partial charge in [-0.2, -0.15) is 0 Å². The average Bonchev–Trinajstić information content (AvgIpc) is 2.87. The summed E-state index contributed by atoms with van der Waals surface area (Å²) in [5.41, 5.74) is 6.56. The predicted octanol–water partition coefficient (Wildman–Crippen LogP) is 0.667. The molecule has 0 aliphatic carbocycles. The SMILES string of the molecule is CC(C)n1cc(N)cc1C(=O)OCC(=O)N1CCOCC1. The fourth-order valence-electron chi connectivity index (χ4n) is 2.20. The van der Waals surface area contributed by atoms with Crippen LogP contribution in [0.1, 0.15) is 30.4 Å². The number of carbonyl (C=O) groups excluding carboxylic acids is 2. The van der Waals surface area contributed by atoms with E-state index in [-0.39, 0.29) is 18.6 Å². The molecule has 7 nitrogen and oxygen atoms in total. The number of nitrogens with zero attached hydrogens (tertiary/aromatic N) is 2. The van der Waals surface area contributed by atoms with E-state index in [1.54, 1.807) is 21.7 Å². The maximum atomic E-state index is 12.1. The number of aromatic nitrogens is 1. The van der Waals surface area contributed by atoms with Crippen LogP contribution >= 0.6 is 0 Å². The molecule has 1 aromatic heterocycles. The number of nitrogen functional groups attached to an aromatic ring is 1. The lowest BCUT2D eigenvalue weighted by Crippen LogP contribution is -2.42. The normalized spacial score (nSPS) is 15.3. The summed E-state index contributed by atoms with van der Waals surface area (Å²) < 4.78 is 12.0. The predicted molar refractivity (Wildman–Crippen MR) is 76.9 cm³/mol. The minimum atomic E-state index is -0.540. The van der Waals surface area contributed by atoms with E-state index < -0.39 is 5.97 Å². The first kappa shape index (κ1) is 15.4. The molecule has 1 fully saturated rings. The summed E-state index contributed by atoms with van der Waals surface area (Å²) in [5, 5.41) is 0. The van der Waals surface area contributed by atoms with Gasteiger partial charge in [-0.1, -0.05) is 0 Å². The standard InChI is InChI=1S/C14H21N3O4/c1-10(2)17-8-11(15)7-12(17)14(19)21-9-13(18)16-3-5-20-6-4-16/h7-8,10H,3-6,9,15H2,1-2H3. The number of hydrogen-bond donors (Lipinski definition) is 1. The maximum absolute atomic E-state index is 12.1. The molecule has 0 spiro atoms. The van der Waals surface area contributed by atoms with Crippen molar-refractivity contribution in [2.45, 2.75) is 19.9 Å². The number of rotatable bonds is 4. The van der Waals surface area contributed by atoms with E-state index in [4.69, 9.17) is 15.2 Å². The summed E-state index contributed by atoms with van der Waals surface area (Å²) in [4.78, 5) is 25.6. The van der Waals surface area contributed by atoms with E-state index in [0.29, 0.717) is 37.7 Å². The van der Waals surface area contributed by atoms with Gasteiger partial charge in [-0.3, -0.25) is 4.79 Å². The molecule has 1 aromatic rings. The molecule has 0 radical (unpaired) electrons. The van der Waals surface area contributed by atoms with Gasteiger partial charge in [-0.15, -0.1) is 0 Å². The summed E-state index contributed by atoms with van der Waals surface area (Å²) in [6, 6.07) is 1.64. The zero-order chi connectivity index (χ0) is 15.4. The Morgan fingerprint density at radius 2 is 2.05 bits per heavy atom. The Bertz CT molecular complexity index is 518. The highest BCUT2D eigenvalue weighted by Crippen LogP contribution is 2.17. The van der Waals surface area contributed by atoms with Gasteiger partial charge in [0.25, 0.3) is 5.91 Å². The molecule has 1 amide bonds. The van der Waals surface area contributed by atoms with Gasteiger partial charge in [0.1, 0.15) is 5.69 Å². The van der Waals surface area contributed by atoms with E-state index in [2.05, 4.69) is 0 Å². The molecule has 1 aliphatic rings. The summed E-state index contributed by atoms with van der Waals surface area (Å²) >= 11 is 0. The second-order valence-electron chi connectivity index (χ2n) is 5.23. The fraction of sp³-hybridized carbons (Fsp3) is 0.571. The van der Waals surface area contributed by atoms with E-state index in [0.717, 1.165) is 0 Å². The number of esters is 1. The molecule has 0 unspecified atom stereocenters. The highest BCUT2D eigenvalue weighted by atomic mass is 16.5. The Kier molecular flexibility index (Phi) is 4.85.